The van der Waals surface area contributed by atoms with Crippen LogP contribution in [0, 0.1) is 0 Å². The Morgan fingerprint density at radius 1 is 1.23 bits per heavy atom. The summed E-state index contributed by atoms with van der Waals surface area (Å²) in [5.74, 6) is 0.0779. The molecule has 0 saturated heterocycles. The second-order valence-electron chi connectivity index (χ2n) is 7.45. The van der Waals surface area contributed by atoms with Crippen molar-refractivity contribution in [2.24, 2.45) is 0 Å². The number of nitrogens with one attached hydrogen (secondary N) is 1. The summed E-state index contributed by atoms with van der Waals surface area (Å²) in [5.41, 5.74) is 2.23. The van der Waals surface area contributed by atoms with Gasteiger partial charge in [0.15, 0.2) is 5.16 Å². The Kier molecular flexibility index (Phi) is 7.09. The molecule has 162 valence electrons. The maximum Gasteiger partial charge on any atom is 0.239 e. The van der Waals surface area contributed by atoms with Gasteiger partial charge in [0.1, 0.15) is 0 Å². The second-order valence-corrected chi connectivity index (χ2v) is 9.42. The van der Waals surface area contributed by atoms with E-state index in [2.05, 4.69) is 27.0 Å². The molecule has 1 aliphatic rings. The number of likely N-dealkylation sites (N-methyl/N-ethyl adjacent to an activating group) is 1. The minimum Gasteiger partial charge on any atom is -0.350 e. The molecule has 2 aromatic heterocycles. The van der Waals surface area contributed by atoms with E-state index in [-0.39, 0.29) is 24.1 Å². The van der Waals surface area contributed by atoms with Gasteiger partial charge in [-0.25, -0.2) is 4.98 Å². The Morgan fingerprint density at radius 3 is 2.71 bits per heavy atom. The van der Waals surface area contributed by atoms with E-state index >= 15 is 0 Å². The highest BCUT2D eigenvalue weighted by molar-refractivity contribution is 7.99. The summed E-state index contributed by atoms with van der Waals surface area (Å²) in [7, 11) is 0. The monoisotopic (exact) mass is 454 g/mol. The van der Waals surface area contributed by atoms with Crippen LogP contribution in [0.5, 0.6) is 0 Å². The number of benzene rings is 1. The molecule has 3 aromatic rings. The zero-order valence-electron chi connectivity index (χ0n) is 17.5. The van der Waals surface area contributed by atoms with Gasteiger partial charge in [-0.05, 0) is 36.8 Å². The number of imidazole rings is 1. The van der Waals surface area contributed by atoms with Gasteiger partial charge in [0.2, 0.25) is 11.8 Å². The number of rotatable bonds is 10. The summed E-state index contributed by atoms with van der Waals surface area (Å²) < 4.78 is 2.26. The highest BCUT2D eigenvalue weighted by atomic mass is 32.2. The van der Waals surface area contributed by atoms with Gasteiger partial charge in [-0.15, -0.1) is 11.3 Å². The van der Waals surface area contributed by atoms with Crippen LogP contribution in [-0.4, -0.2) is 45.1 Å². The van der Waals surface area contributed by atoms with E-state index in [0.717, 1.165) is 34.1 Å². The molecule has 8 heteroatoms. The fraction of sp³-hybridized carbons (Fsp3) is 0.348. The molecule has 31 heavy (non-hydrogen) atoms. The lowest BCUT2D eigenvalue weighted by atomic mass is 10.2. The molecule has 0 bridgehead atoms. The molecule has 0 unspecified atom stereocenters. The molecule has 6 nitrogen and oxygen atoms in total. The van der Waals surface area contributed by atoms with Gasteiger partial charge < -0.3 is 14.8 Å². The van der Waals surface area contributed by atoms with Crippen LogP contribution in [0.1, 0.15) is 30.7 Å². The second kappa shape index (κ2) is 10.2. The first-order valence-corrected chi connectivity index (χ1v) is 12.3. The summed E-state index contributed by atoms with van der Waals surface area (Å²) >= 11 is 3.05. The molecule has 1 fully saturated rings. The van der Waals surface area contributed by atoms with Crippen molar-refractivity contribution >= 4 is 34.9 Å². The molecule has 4 rings (SSSR count). The number of hydrogen-bond donors (Lipinski definition) is 1. The van der Waals surface area contributed by atoms with Crippen molar-refractivity contribution in [3.05, 3.63) is 58.9 Å². The molecular weight excluding hydrogens is 428 g/mol. The lowest BCUT2D eigenvalue weighted by molar-refractivity contribution is -0.133. The van der Waals surface area contributed by atoms with Gasteiger partial charge in [0.25, 0.3) is 0 Å². The van der Waals surface area contributed by atoms with Gasteiger partial charge in [-0.3, -0.25) is 9.59 Å². The minimum absolute atomic E-state index is 0.0506. The van der Waals surface area contributed by atoms with Crippen LogP contribution in [0.15, 0.2) is 59.2 Å². The first kappa shape index (κ1) is 21.6. The Morgan fingerprint density at radius 2 is 2.03 bits per heavy atom. The first-order chi connectivity index (χ1) is 15.2. The third kappa shape index (κ3) is 5.57. The summed E-state index contributed by atoms with van der Waals surface area (Å²) in [5, 5.41) is 5.74. The lowest BCUT2D eigenvalue weighted by Crippen LogP contribution is -2.41. The highest BCUT2D eigenvalue weighted by Gasteiger charge is 2.29. The molecule has 1 aromatic carbocycles. The number of carbonyl (C=O) groups is 2. The normalized spacial score (nSPS) is 13.2. The first-order valence-electron chi connectivity index (χ1n) is 10.5. The fourth-order valence-corrected chi connectivity index (χ4v) is 4.97. The molecule has 1 aliphatic carbocycles. The maximum atomic E-state index is 12.8. The van der Waals surface area contributed by atoms with Crippen LogP contribution in [0.4, 0.5) is 0 Å². The number of nitrogens with zero attached hydrogens (tertiary/aromatic N) is 3. The molecule has 1 saturated carbocycles. The maximum absolute atomic E-state index is 12.8. The number of thioether (sulfide) groups is 1. The molecule has 0 radical (unpaired) electrons. The molecule has 0 atom stereocenters. The van der Waals surface area contributed by atoms with Crippen LogP contribution in [0.2, 0.25) is 0 Å². The van der Waals surface area contributed by atoms with Gasteiger partial charge in [0.05, 0.1) is 30.7 Å². The summed E-state index contributed by atoms with van der Waals surface area (Å²) in [6.07, 6.45) is 4.18. The number of amides is 2. The van der Waals surface area contributed by atoms with Gasteiger partial charge >= 0.3 is 0 Å². The smallest absolute Gasteiger partial charge is 0.239 e. The van der Waals surface area contributed by atoms with Crippen molar-refractivity contribution < 1.29 is 9.59 Å². The molecule has 2 heterocycles. The van der Waals surface area contributed by atoms with E-state index in [9.17, 15) is 9.59 Å². The standard InChI is InChI=1S/C23H26N4O2S2/c1-2-26(15-21(28)24-13-19-9-6-12-30-19)22(29)16-31-23-25-14-20(27(23)18-10-11-18)17-7-4-3-5-8-17/h3-9,12,14,18H,2,10-11,13,15-16H2,1H3,(H,24,28). The molecule has 0 spiro atoms. The zero-order chi connectivity index (χ0) is 21.6. The van der Waals surface area contributed by atoms with Crippen LogP contribution >= 0.6 is 23.1 Å². The largest absolute Gasteiger partial charge is 0.350 e. The summed E-state index contributed by atoms with van der Waals surface area (Å²) in [6, 6.07) is 14.6. The minimum atomic E-state index is -0.139. The van der Waals surface area contributed by atoms with Crippen molar-refractivity contribution in [1.29, 1.82) is 0 Å². The van der Waals surface area contributed by atoms with Crippen LogP contribution in [0.3, 0.4) is 0 Å². The average Bonchev–Trinajstić information content (AvgIpc) is 3.32. The number of aromatic nitrogens is 2. The van der Waals surface area contributed by atoms with Crippen molar-refractivity contribution in [1.82, 2.24) is 19.8 Å². The predicted octanol–water partition coefficient (Wildman–Crippen LogP) is 4.20. The molecular formula is C23H26N4O2S2. The Balaban J connectivity index is 1.35. The van der Waals surface area contributed by atoms with Crippen LogP contribution in [-0.2, 0) is 16.1 Å². The van der Waals surface area contributed by atoms with Crippen molar-refractivity contribution in [3.63, 3.8) is 0 Å². The van der Waals surface area contributed by atoms with Gasteiger partial charge in [0, 0.05) is 17.5 Å². The van der Waals surface area contributed by atoms with Gasteiger partial charge in [-0.2, -0.15) is 0 Å². The molecule has 0 aliphatic heterocycles. The van der Waals surface area contributed by atoms with Crippen molar-refractivity contribution in [2.45, 2.75) is 37.5 Å². The third-order valence-electron chi connectivity index (χ3n) is 5.18. The fourth-order valence-electron chi connectivity index (χ4n) is 3.38. The number of carbonyl (C=O) groups excluding carboxylic acids is 2. The molecule has 1 N–H and O–H groups in total. The van der Waals surface area contributed by atoms with Crippen LogP contribution in [0.25, 0.3) is 11.3 Å². The summed E-state index contributed by atoms with van der Waals surface area (Å²) in [6.45, 7) is 2.97. The topological polar surface area (TPSA) is 67.2 Å². The average molecular weight is 455 g/mol. The van der Waals surface area contributed by atoms with Gasteiger partial charge in [-0.1, -0.05) is 48.2 Å². The van der Waals surface area contributed by atoms with Crippen molar-refractivity contribution in [2.75, 3.05) is 18.8 Å². The van der Waals surface area contributed by atoms with Crippen molar-refractivity contribution in [3.8, 4) is 11.3 Å². The van der Waals surface area contributed by atoms with E-state index < -0.39 is 0 Å². The van der Waals surface area contributed by atoms with E-state index in [1.807, 2.05) is 48.8 Å². The Bertz CT molecular complexity index is 1010. The Hall–Kier alpha value is -2.58. The number of hydrogen-bond acceptors (Lipinski definition) is 5. The SMILES string of the molecule is CCN(CC(=O)NCc1cccs1)C(=O)CSc1ncc(-c2ccccc2)n1C1CC1. The lowest BCUT2D eigenvalue weighted by Gasteiger charge is -2.20. The molecule has 2 amide bonds. The third-order valence-corrected chi connectivity index (χ3v) is 7.01. The van der Waals surface area contributed by atoms with E-state index in [1.54, 1.807) is 16.2 Å². The highest BCUT2D eigenvalue weighted by Crippen LogP contribution is 2.41. The van der Waals surface area contributed by atoms with E-state index in [0.29, 0.717) is 19.1 Å². The van der Waals surface area contributed by atoms with E-state index in [1.165, 1.54) is 11.8 Å². The zero-order valence-corrected chi connectivity index (χ0v) is 19.1. The Labute approximate surface area is 190 Å². The van der Waals surface area contributed by atoms with Crippen LogP contribution < -0.4 is 5.32 Å². The number of thiophene rings is 1. The summed E-state index contributed by atoms with van der Waals surface area (Å²) in [4.78, 5) is 32.4. The quantitative estimate of drug-likeness (QED) is 0.466. The predicted molar refractivity (Wildman–Crippen MR) is 125 cm³/mol. The van der Waals surface area contributed by atoms with E-state index in [4.69, 9.17) is 0 Å².